The van der Waals surface area contributed by atoms with E-state index in [1.807, 2.05) is 35.2 Å². The van der Waals surface area contributed by atoms with Gasteiger partial charge in [-0.3, -0.25) is 0 Å². The van der Waals surface area contributed by atoms with Crippen molar-refractivity contribution >= 4 is 11.9 Å². The second kappa shape index (κ2) is 7.65. The lowest BCUT2D eigenvalue weighted by molar-refractivity contribution is -0.159. The van der Waals surface area contributed by atoms with Gasteiger partial charge >= 0.3 is 18.2 Å². The number of anilines is 1. The van der Waals surface area contributed by atoms with Crippen LogP contribution in [0.1, 0.15) is 17.5 Å². The first-order valence-electron chi connectivity index (χ1n) is 9.00. The molecule has 1 aromatic carbocycles. The standard InChI is InChI=1S/C19H16F3N5O3/c20-19(21,22)17-24-16(25-30-17)13-6-7-15(23-10-13)27-9-8-26(18(28)29)11-14(27)12-4-2-1-3-5-12/h1-7,10,14H,8-9,11H2,(H,28,29)/t14-/m1/s1. The molecule has 4 rings (SSSR count). The number of hydrogen-bond acceptors (Lipinski definition) is 6. The quantitative estimate of drug-likeness (QED) is 0.692. The van der Waals surface area contributed by atoms with E-state index in [9.17, 15) is 23.1 Å². The lowest BCUT2D eigenvalue weighted by atomic mass is 10.0. The van der Waals surface area contributed by atoms with Crippen molar-refractivity contribution in [2.75, 3.05) is 24.5 Å². The molecule has 0 unspecified atom stereocenters. The molecule has 0 radical (unpaired) electrons. The van der Waals surface area contributed by atoms with Crippen molar-refractivity contribution in [2.24, 2.45) is 0 Å². The van der Waals surface area contributed by atoms with E-state index in [1.165, 1.54) is 11.1 Å². The van der Waals surface area contributed by atoms with E-state index in [0.29, 0.717) is 18.9 Å². The number of hydrogen-bond donors (Lipinski definition) is 1. The molecule has 2 aromatic heterocycles. The third kappa shape index (κ3) is 3.91. The minimum absolute atomic E-state index is 0.211. The highest BCUT2D eigenvalue weighted by Crippen LogP contribution is 2.32. The summed E-state index contributed by atoms with van der Waals surface area (Å²) in [4.78, 5) is 22.5. The molecule has 11 heteroatoms. The van der Waals surface area contributed by atoms with Crippen LogP contribution in [0.25, 0.3) is 11.4 Å². The normalized spacial score (nSPS) is 17.2. The molecular formula is C19H16F3N5O3. The number of rotatable bonds is 3. The molecule has 30 heavy (non-hydrogen) atoms. The molecule has 0 bridgehead atoms. The Labute approximate surface area is 168 Å². The average Bonchev–Trinajstić information content (AvgIpc) is 3.25. The first kappa shape index (κ1) is 19.7. The van der Waals surface area contributed by atoms with Gasteiger partial charge in [-0.2, -0.15) is 18.2 Å². The molecule has 1 atom stereocenters. The number of halogens is 3. The van der Waals surface area contributed by atoms with Crippen LogP contribution in [0.15, 0.2) is 53.2 Å². The zero-order valence-corrected chi connectivity index (χ0v) is 15.5. The maximum atomic E-state index is 12.7. The van der Waals surface area contributed by atoms with Crippen molar-refractivity contribution in [3.8, 4) is 11.4 Å². The summed E-state index contributed by atoms with van der Waals surface area (Å²) in [7, 11) is 0. The summed E-state index contributed by atoms with van der Waals surface area (Å²) in [6.07, 6.45) is -4.34. The summed E-state index contributed by atoms with van der Waals surface area (Å²) >= 11 is 0. The van der Waals surface area contributed by atoms with Crippen LogP contribution in [0.5, 0.6) is 0 Å². The summed E-state index contributed by atoms with van der Waals surface area (Å²) in [5.74, 6) is -1.07. The van der Waals surface area contributed by atoms with E-state index in [2.05, 4.69) is 19.6 Å². The Balaban J connectivity index is 1.60. The predicted molar refractivity (Wildman–Crippen MR) is 98.7 cm³/mol. The molecule has 1 N–H and O–H groups in total. The minimum Gasteiger partial charge on any atom is -0.465 e. The number of amides is 1. The Morgan fingerprint density at radius 1 is 1.13 bits per heavy atom. The van der Waals surface area contributed by atoms with Gasteiger partial charge in [-0.1, -0.05) is 35.5 Å². The molecular weight excluding hydrogens is 403 g/mol. The maximum Gasteiger partial charge on any atom is 0.471 e. The van der Waals surface area contributed by atoms with Gasteiger partial charge in [0.2, 0.25) is 5.82 Å². The number of carbonyl (C=O) groups is 1. The van der Waals surface area contributed by atoms with Crippen LogP contribution in [-0.2, 0) is 6.18 Å². The summed E-state index contributed by atoms with van der Waals surface area (Å²) < 4.78 is 42.2. The maximum absolute atomic E-state index is 12.7. The molecule has 156 valence electrons. The summed E-state index contributed by atoms with van der Waals surface area (Å²) in [6.45, 7) is 0.989. The van der Waals surface area contributed by atoms with Crippen molar-refractivity contribution in [2.45, 2.75) is 12.2 Å². The zero-order chi connectivity index (χ0) is 21.3. The topological polar surface area (TPSA) is 95.6 Å². The van der Waals surface area contributed by atoms with Gasteiger partial charge in [0.1, 0.15) is 5.82 Å². The monoisotopic (exact) mass is 419 g/mol. The molecule has 8 nitrogen and oxygen atoms in total. The number of piperazine rings is 1. The van der Waals surface area contributed by atoms with Crippen molar-refractivity contribution in [3.05, 3.63) is 60.1 Å². The Bertz CT molecular complexity index is 1020. The second-order valence-electron chi connectivity index (χ2n) is 6.67. The molecule has 1 aliphatic rings. The van der Waals surface area contributed by atoms with Crippen LogP contribution < -0.4 is 4.90 Å². The first-order chi connectivity index (χ1) is 14.3. The van der Waals surface area contributed by atoms with Gasteiger partial charge in [-0.25, -0.2) is 9.78 Å². The van der Waals surface area contributed by atoms with Crippen molar-refractivity contribution in [3.63, 3.8) is 0 Å². The van der Waals surface area contributed by atoms with Gasteiger partial charge in [0.15, 0.2) is 0 Å². The fraction of sp³-hybridized carbons (Fsp3) is 0.263. The highest BCUT2D eigenvalue weighted by atomic mass is 19.4. The molecule has 1 saturated heterocycles. The van der Waals surface area contributed by atoms with Crippen LogP contribution in [-0.4, -0.2) is 50.9 Å². The number of alkyl halides is 3. The van der Waals surface area contributed by atoms with Crippen molar-refractivity contribution in [1.82, 2.24) is 20.0 Å². The van der Waals surface area contributed by atoms with Gasteiger partial charge in [-0.05, 0) is 17.7 Å². The molecule has 3 heterocycles. The molecule has 1 aliphatic heterocycles. The van der Waals surface area contributed by atoms with E-state index in [4.69, 9.17) is 0 Å². The van der Waals surface area contributed by atoms with Gasteiger partial charge in [0.05, 0.1) is 6.04 Å². The van der Waals surface area contributed by atoms with Crippen molar-refractivity contribution in [1.29, 1.82) is 0 Å². The van der Waals surface area contributed by atoms with E-state index < -0.39 is 18.2 Å². The summed E-state index contributed by atoms with van der Waals surface area (Å²) in [5, 5.41) is 12.7. The lowest BCUT2D eigenvalue weighted by Crippen LogP contribution is -2.50. The highest BCUT2D eigenvalue weighted by molar-refractivity contribution is 5.66. The fourth-order valence-electron chi connectivity index (χ4n) is 3.34. The van der Waals surface area contributed by atoms with E-state index >= 15 is 0 Å². The fourth-order valence-corrected chi connectivity index (χ4v) is 3.34. The van der Waals surface area contributed by atoms with E-state index in [-0.39, 0.29) is 24.0 Å². The molecule has 3 aromatic rings. The van der Waals surface area contributed by atoms with Crippen LogP contribution in [0.4, 0.5) is 23.8 Å². The number of nitrogens with zero attached hydrogens (tertiary/aromatic N) is 5. The van der Waals surface area contributed by atoms with Gasteiger partial charge in [0, 0.05) is 31.4 Å². The Morgan fingerprint density at radius 2 is 1.90 bits per heavy atom. The zero-order valence-electron chi connectivity index (χ0n) is 15.5. The largest absolute Gasteiger partial charge is 0.471 e. The van der Waals surface area contributed by atoms with E-state index in [1.54, 1.807) is 12.1 Å². The summed E-state index contributed by atoms with van der Waals surface area (Å²) in [5.41, 5.74) is 1.21. The predicted octanol–water partition coefficient (Wildman–Crippen LogP) is 3.69. The number of benzene rings is 1. The van der Waals surface area contributed by atoms with Crippen LogP contribution in [0.2, 0.25) is 0 Å². The van der Waals surface area contributed by atoms with E-state index in [0.717, 1.165) is 5.56 Å². The summed E-state index contributed by atoms with van der Waals surface area (Å²) in [6, 6.07) is 12.4. The first-order valence-corrected chi connectivity index (χ1v) is 9.00. The smallest absolute Gasteiger partial charge is 0.465 e. The SMILES string of the molecule is O=C(O)N1CCN(c2ccc(-c3noc(C(F)(F)F)n3)cn2)[C@@H](c2ccccc2)C1. The second-order valence-corrected chi connectivity index (χ2v) is 6.67. The van der Waals surface area contributed by atoms with Gasteiger partial charge in [0.25, 0.3) is 0 Å². The molecule has 0 spiro atoms. The van der Waals surface area contributed by atoms with Crippen LogP contribution >= 0.6 is 0 Å². The lowest BCUT2D eigenvalue weighted by Gasteiger charge is -2.41. The molecule has 1 fully saturated rings. The Hall–Kier alpha value is -3.63. The van der Waals surface area contributed by atoms with Crippen LogP contribution in [0.3, 0.4) is 0 Å². The average molecular weight is 419 g/mol. The van der Waals surface area contributed by atoms with Gasteiger partial charge in [-0.15, -0.1) is 0 Å². The third-order valence-electron chi connectivity index (χ3n) is 4.80. The third-order valence-corrected chi connectivity index (χ3v) is 4.80. The molecule has 1 amide bonds. The minimum atomic E-state index is -4.72. The molecule has 0 aliphatic carbocycles. The number of carboxylic acid groups (broad SMARTS) is 1. The number of aromatic nitrogens is 3. The Kier molecular flexibility index (Phi) is 5.02. The van der Waals surface area contributed by atoms with Crippen molar-refractivity contribution < 1.29 is 27.6 Å². The van der Waals surface area contributed by atoms with Gasteiger partial charge < -0.3 is 19.4 Å². The highest BCUT2D eigenvalue weighted by Gasteiger charge is 2.38. The van der Waals surface area contributed by atoms with Crippen LogP contribution in [0, 0.1) is 0 Å². The Morgan fingerprint density at radius 3 is 2.50 bits per heavy atom. The number of pyridine rings is 1. The molecule has 0 saturated carbocycles.